The van der Waals surface area contributed by atoms with Crippen LogP contribution in [0.4, 0.5) is 5.69 Å². The maximum absolute atomic E-state index is 12.9. The number of benzene rings is 2. The van der Waals surface area contributed by atoms with E-state index in [1.165, 1.54) is 48.7 Å². The van der Waals surface area contributed by atoms with E-state index in [-0.39, 0.29) is 26.9 Å². The van der Waals surface area contributed by atoms with Crippen molar-refractivity contribution in [2.75, 3.05) is 4.72 Å². The van der Waals surface area contributed by atoms with Gasteiger partial charge in [-0.05, 0) is 55.0 Å². The first-order valence-corrected chi connectivity index (χ1v) is 10.7. The molecule has 5 nitrogen and oxygen atoms in total. The number of carbonyl (C=O) groups is 1. The highest BCUT2D eigenvalue weighted by molar-refractivity contribution is 7.92. The Hall–Kier alpha value is -2.67. The van der Waals surface area contributed by atoms with Gasteiger partial charge < -0.3 is 0 Å². The first kappa shape index (κ1) is 21.0. The second kappa shape index (κ2) is 8.37. The van der Waals surface area contributed by atoms with E-state index in [0.29, 0.717) is 5.02 Å². The Morgan fingerprint density at radius 2 is 1.66 bits per heavy atom. The van der Waals surface area contributed by atoms with Crippen molar-refractivity contribution in [3.8, 4) is 0 Å². The predicted molar refractivity (Wildman–Crippen MR) is 116 cm³/mol. The molecule has 0 aliphatic rings. The van der Waals surface area contributed by atoms with Crippen LogP contribution in [0.1, 0.15) is 28.4 Å². The van der Waals surface area contributed by atoms with Crippen molar-refractivity contribution in [2.24, 2.45) is 0 Å². The second-order valence-corrected chi connectivity index (χ2v) is 8.80. The predicted octanol–water partition coefficient (Wildman–Crippen LogP) is 5.45. The molecule has 0 bridgehead atoms. The summed E-state index contributed by atoms with van der Waals surface area (Å²) in [7, 11) is -3.93. The molecule has 0 aliphatic carbocycles. The summed E-state index contributed by atoms with van der Waals surface area (Å²) in [4.78, 5) is 16.8. The largest absolute Gasteiger partial charge is 0.288 e. The number of allylic oxidation sites excluding steroid dienone is 1. The molecule has 3 rings (SSSR count). The lowest BCUT2D eigenvalue weighted by molar-refractivity contribution is 0.103. The van der Waals surface area contributed by atoms with Crippen LogP contribution in [0, 0.1) is 0 Å². The van der Waals surface area contributed by atoms with Gasteiger partial charge in [-0.15, -0.1) is 0 Å². The van der Waals surface area contributed by atoms with Crippen molar-refractivity contribution < 1.29 is 13.2 Å². The van der Waals surface area contributed by atoms with Gasteiger partial charge >= 0.3 is 0 Å². The highest BCUT2D eigenvalue weighted by Crippen LogP contribution is 2.26. The molecule has 0 spiro atoms. The van der Waals surface area contributed by atoms with Gasteiger partial charge in [0.05, 0.1) is 10.6 Å². The third-order valence-electron chi connectivity index (χ3n) is 4.12. The zero-order valence-electron chi connectivity index (χ0n) is 15.3. The van der Waals surface area contributed by atoms with Crippen LogP contribution in [0.5, 0.6) is 0 Å². The summed E-state index contributed by atoms with van der Waals surface area (Å²) in [5, 5.41) is 0.538. The van der Waals surface area contributed by atoms with Gasteiger partial charge in [0.25, 0.3) is 10.0 Å². The minimum absolute atomic E-state index is 0.0593. The molecule has 0 radical (unpaired) electrons. The molecule has 8 heteroatoms. The lowest BCUT2D eigenvalue weighted by Gasteiger charge is -2.13. The summed E-state index contributed by atoms with van der Waals surface area (Å²) < 4.78 is 28.1. The molecular weight excluding hydrogens is 431 g/mol. The monoisotopic (exact) mass is 446 g/mol. The van der Waals surface area contributed by atoms with Crippen molar-refractivity contribution in [3.63, 3.8) is 0 Å². The van der Waals surface area contributed by atoms with E-state index in [2.05, 4.69) is 16.3 Å². The number of carbonyl (C=O) groups excluding carboxylic acids is 1. The summed E-state index contributed by atoms with van der Waals surface area (Å²) in [6.45, 7) is 5.66. The Kier molecular flexibility index (Phi) is 6.07. The van der Waals surface area contributed by atoms with Crippen molar-refractivity contribution in [1.82, 2.24) is 4.98 Å². The Labute approximate surface area is 179 Å². The summed E-state index contributed by atoms with van der Waals surface area (Å²) in [6.07, 6.45) is 1.32. The van der Waals surface area contributed by atoms with E-state index < -0.39 is 15.8 Å². The van der Waals surface area contributed by atoms with Crippen molar-refractivity contribution >= 4 is 50.3 Å². The van der Waals surface area contributed by atoms with E-state index in [4.69, 9.17) is 23.2 Å². The highest BCUT2D eigenvalue weighted by atomic mass is 35.5. The minimum atomic E-state index is -3.93. The molecule has 148 valence electrons. The number of nitrogens with zero attached hydrogens (tertiary/aromatic N) is 1. The lowest BCUT2D eigenvalue weighted by atomic mass is 10.0. The average molecular weight is 447 g/mol. The van der Waals surface area contributed by atoms with Gasteiger partial charge in [-0.2, -0.15) is 0 Å². The number of sulfonamides is 1. The molecule has 1 heterocycles. The molecule has 0 fully saturated rings. The Bertz CT molecular complexity index is 1190. The number of pyridine rings is 1. The smallest absolute Gasteiger partial charge is 0.261 e. The molecular formula is C21H16Cl2N2O3S. The van der Waals surface area contributed by atoms with Crippen LogP contribution >= 0.6 is 23.2 Å². The Morgan fingerprint density at radius 3 is 2.24 bits per heavy atom. The van der Waals surface area contributed by atoms with E-state index >= 15 is 0 Å². The van der Waals surface area contributed by atoms with Crippen LogP contribution in [0.15, 0.2) is 72.3 Å². The Balaban J connectivity index is 1.97. The molecule has 0 saturated heterocycles. The van der Waals surface area contributed by atoms with Gasteiger partial charge in [0.15, 0.2) is 5.78 Å². The zero-order valence-corrected chi connectivity index (χ0v) is 17.6. The maximum Gasteiger partial charge on any atom is 0.261 e. The van der Waals surface area contributed by atoms with Crippen LogP contribution in [0.25, 0.3) is 5.57 Å². The van der Waals surface area contributed by atoms with Crippen LogP contribution in [-0.4, -0.2) is 19.2 Å². The number of nitrogens with one attached hydrogen (secondary N) is 1. The van der Waals surface area contributed by atoms with E-state index in [0.717, 1.165) is 11.1 Å². The Morgan fingerprint density at radius 1 is 1.00 bits per heavy atom. The molecule has 2 aromatic carbocycles. The molecule has 0 atom stereocenters. The number of ketones is 1. The molecule has 0 amide bonds. The third kappa shape index (κ3) is 4.85. The summed E-state index contributed by atoms with van der Waals surface area (Å²) >= 11 is 11.8. The lowest BCUT2D eigenvalue weighted by Crippen LogP contribution is -2.16. The van der Waals surface area contributed by atoms with Crippen LogP contribution in [0.2, 0.25) is 10.2 Å². The molecule has 0 unspecified atom stereocenters. The van der Waals surface area contributed by atoms with Gasteiger partial charge in [0.2, 0.25) is 0 Å². The van der Waals surface area contributed by atoms with Crippen molar-refractivity contribution in [1.29, 1.82) is 0 Å². The molecule has 1 N–H and O–H groups in total. The molecule has 0 saturated carbocycles. The van der Waals surface area contributed by atoms with E-state index in [1.54, 1.807) is 12.1 Å². The van der Waals surface area contributed by atoms with Crippen LogP contribution < -0.4 is 4.72 Å². The SMILES string of the molecule is C=C(C)c1ccc(S(=O)(=O)Nc2ccc(Cl)cc2C(=O)c2ccc(Cl)nc2)cc1. The second-order valence-electron chi connectivity index (χ2n) is 6.30. The normalized spacial score (nSPS) is 11.1. The summed E-state index contributed by atoms with van der Waals surface area (Å²) in [5.41, 5.74) is 2.12. The number of halogens is 2. The van der Waals surface area contributed by atoms with Gasteiger partial charge in [0, 0.05) is 22.3 Å². The molecule has 0 aliphatic heterocycles. The highest BCUT2D eigenvalue weighted by Gasteiger charge is 2.20. The quantitative estimate of drug-likeness (QED) is 0.403. The zero-order chi connectivity index (χ0) is 21.2. The van der Waals surface area contributed by atoms with Gasteiger partial charge in [-0.3, -0.25) is 9.52 Å². The molecule has 3 aromatic rings. The summed E-state index contributed by atoms with van der Waals surface area (Å²) in [5.74, 6) is -0.438. The fourth-order valence-corrected chi connectivity index (χ4v) is 3.94. The first-order chi connectivity index (χ1) is 13.7. The van der Waals surface area contributed by atoms with Crippen LogP contribution in [0.3, 0.4) is 0 Å². The number of rotatable bonds is 6. The average Bonchev–Trinajstić information content (AvgIpc) is 2.69. The summed E-state index contributed by atoms with van der Waals surface area (Å²) in [6, 6.07) is 13.6. The van der Waals surface area contributed by atoms with E-state index in [1.807, 2.05) is 6.92 Å². The molecule has 1 aromatic heterocycles. The van der Waals surface area contributed by atoms with E-state index in [9.17, 15) is 13.2 Å². The maximum atomic E-state index is 12.9. The number of hydrogen-bond donors (Lipinski definition) is 1. The van der Waals surface area contributed by atoms with Crippen molar-refractivity contribution in [3.05, 3.63) is 94.2 Å². The fourth-order valence-electron chi connectivity index (χ4n) is 2.58. The minimum Gasteiger partial charge on any atom is -0.288 e. The molecule has 29 heavy (non-hydrogen) atoms. The van der Waals surface area contributed by atoms with Crippen molar-refractivity contribution in [2.45, 2.75) is 11.8 Å². The van der Waals surface area contributed by atoms with Gasteiger partial charge in [-0.25, -0.2) is 13.4 Å². The van der Waals surface area contributed by atoms with Gasteiger partial charge in [0.1, 0.15) is 5.15 Å². The number of aromatic nitrogens is 1. The van der Waals surface area contributed by atoms with Crippen LogP contribution in [-0.2, 0) is 10.0 Å². The van der Waals surface area contributed by atoms with Gasteiger partial charge in [-0.1, -0.05) is 47.5 Å². The first-order valence-electron chi connectivity index (χ1n) is 8.42. The number of hydrogen-bond acceptors (Lipinski definition) is 4. The standard InChI is InChI=1S/C21H16Cl2N2O3S/c1-13(2)14-3-7-17(8-4-14)29(27,28)25-19-9-6-16(22)11-18(19)21(26)15-5-10-20(23)24-12-15/h3-12,25H,1H2,2H3. The third-order valence-corrected chi connectivity index (χ3v) is 5.96. The topological polar surface area (TPSA) is 76.1 Å². The fraction of sp³-hybridized carbons (Fsp3) is 0.0476. The number of anilines is 1.